The van der Waals surface area contributed by atoms with E-state index in [0.717, 1.165) is 16.5 Å². The van der Waals surface area contributed by atoms with Gasteiger partial charge in [0, 0.05) is 10.5 Å². The molecule has 0 spiro atoms. The number of benzene rings is 1. The minimum atomic E-state index is 0.0694. The molecule has 0 radical (unpaired) electrons. The van der Waals surface area contributed by atoms with Gasteiger partial charge in [-0.2, -0.15) is 0 Å². The predicted molar refractivity (Wildman–Crippen MR) is 55.9 cm³/mol. The predicted octanol–water partition coefficient (Wildman–Crippen LogP) is 3.03. The van der Waals surface area contributed by atoms with Crippen molar-refractivity contribution in [3.05, 3.63) is 47.0 Å². The molecule has 0 aliphatic rings. The average Bonchev–Trinajstić information content (AvgIpc) is 2.05. The highest BCUT2D eigenvalue weighted by Crippen LogP contribution is 2.18. The maximum Gasteiger partial charge on any atom is 0.0330 e. The van der Waals surface area contributed by atoms with Gasteiger partial charge in [0.25, 0.3) is 0 Å². The number of hydrogen-bond donors (Lipinski definition) is 1. The third-order valence-corrected chi connectivity index (χ3v) is 2.19. The first-order chi connectivity index (χ1) is 5.74. The van der Waals surface area contributed by atoms with Crippen molar-refractivity contribution in [3.8, 4) is 0 Å². The molecule has 2 N–H and O–H groups in total. The Morgan fingerprint density at radius 1 is 1.58 bits per heavy atom. The summed E-state index contributed by atoms with van der Waals surface area (Å²) < 4.78 is 1.07. The summed E-state index contributed by atoms with van der Waals surface area (Å²) in [7, 11) is 0. The Morgan fingerprint density at radius 2 is 2.33 bits per heavy atom. The fourth-order valence-corrected chi connectivity index (χ4v) is 1.47. The molecule has 1 rings (SSSR count). The van der Waals surface area contributed by atoms with E-state index in [-0.39, 0.29) is 6.04 Å². The maximum absolute atomic E-state index is 5.88. The second kappa shape index (κ2) is 4.43. The van der Waals surface area contributed by atoms with Crippen molar-refractivity contribution in [3.63, 3.8) is 0 Å². The molecular formula is C10H12BrN. The molecule has 1 atom stereocenters. The lowest BCUT2D eigenvalue weighted by Gasteiger charge is -2.08. The summed E-state index contributed by atoms with van der Waals surface area (Å²) in [6.45, 7) is 3.66. The summed E-state index contributed by atoms with van der Waals surface area (Å²) in [5, 5.41) is 0. The summed E-state index contributed by atoms with van der Waals surface area (Å²) in [5.74, 6) is 0. The van der Waals surface area contributed by atoms with Crippen LogP contribution in [0.5, 0.6) is 0 Å². The van der Waals surface area contributed by atoms with E-state index in [1.54, 1.807) is 0 Å². The summed E-state index contributed by atoms with van der Waals surface area (Å²) in [4.78, 5) is 0. The van der Waals surface area contributed by atoms with Crippen LogP contribution in [0.2, 0.25) is 0 Å². The lowest BCUT2D eigenvalue weighted by molar-refractivity contribution is 0.741. The third kappa shape index (κ3) is 2.47. The van der Waals surface area contributed by atoms with Gasteiger partial charge in [-0.15, -0.1) is 6.58 Å². The molecule has 0 saturated carbocycles. The van der Waals surface area contributed by atoms with Crippen molar-refractivity contribution in [1.29, 1.82) is 0 Å². The lowest BCUT2D eigenvalue weighted by Crippen LogP contribution is -2.08. The minimum Gasteiger partial charge on any atom is -0.324 e. The van der Waals surface area contributed by atoms with Gasteiger partial charge in [0.1, 0.15) is 0 Å². The molecular weight excluding hydrogens is 214 g/mol. The van der Waals surface area contributed by atoms with Crippen molar-refractivity contribution in [1.82, 2.24) is 0 Å². The zero-order chi connectivity index (χ0) is 8.97. The van der Waals surface area contributed by atoms with Gasteiger partial charge in [-0.05, 0) is 24.1 Å². The van der Waals surface area contributed by atoms with Crippen molar-refractivity contribution < 1.29 is 0 Å². The number of rotatable bonds is 3. The van der Waals surface area contributed by atoms with Gasteiger partial charge < -0.3 is 5.73 Å². The normalized spacial score (nSPS) is 12.5. The molecule has 0 saturated heterocycles. The molecule has 2 heteroatoms. The van der Waals surface area contributed by atoms with Crippen molar-refractivity contribution in [2.45, 2.75) is 12.5 Å². The molecule has 1 aromatic rings. The fourth-order valence-electron chi connectivity index (χ4n) is 1.05. The highest BCUT2D eigenvalue weighted by Gasteiger charge is 2.02. The average molecular weight is 226 g/mol. The molecule has 0 bridgehead atoms. The van der Waals surface area contributed by atoms with Crippen LogP contribution in [0.25, 0.3) is 0 Å². The zero-order valence-corrected chi connectivity index (χ0v) is 8.42. The van der Waals surface area contributed by atoms with E-state index < -0.39 is 0 Å². The van der Waals surface area contributed by atoms with Crippen LogP contribution in [0.3, 0.4) is 0 Å². The molecule has 1 unspecified atom stereocenters. The van der Waals surface area contributed by atoms with Crippen molar-refractivity contribution in [2.24, 2.45) is 5.73 Å². The van der Waals surface area contributed by atoms with E-state index in [0.29, 0.717) is 0 Å². The largest absolute Gasteiger partial charge is 0.324 e. The maximum atomic E-state index is 5.88. The Labute approximate surface area is 81.4 Å². The van der Waals surface area contributed by atoms with Gasteiger partial charge in [0.05, 0.1) is 0 Å². The van der Waals surface area contributed by atoms with E-state index in [2.05, 4.69) is 22.5 Å². The van der Waals surface area contributed by atoms with Crippen LogP contribution >= 0.6 is 15.9 Å². The van der Waals surface area contributed by atoms with E-state index in [9.17, 15) is 0 Å². The SMILES string of the molecule is C=CCC(N)c1cccc(Br)c1. The summed E-state index contributed by atoms with van der Waals surface area (Å²) in [5.41, 5.74) is 7.03. The molecule has 0 aromatic heterocycles. The Balaban J connectivity index is 2.80. The Kier molecular flexibility index (Phi) is 3.50. The quantitative estimate of drug-likeness (QED) is 0.787. The first-order valence-corrected chi connectivity index (χ1v) is 4.65. The highest BCUT2D eigenvalue weighted by molar-refractivity contribution is 9.10. The standard InChI is InChI=1S/C10H12BrN/c1-2-4-10(12)8-5-3-6-9(11)7-8/h2-3,5-7,10H,1,4,12H2. The number of nitrogens with two attached hydrogens (primary N) is 1. The molecule has 0 fully saturated rings. The van der Waals surface area contributed by atoms with E-state index in [1.807, 2.05) is 30.3 Å². The molecule has 64 valence electrons. The molecule has 1 aromatic carbocycles. The van der Waals surface area contributed by atoms with Crippen LogP contribution in [0, 0.1) is 0 Å². The van der Waals surface area contributed by atoms with Gasteiger partial charge in [0.15, 0.2) is 0 Å². The van der Waals surface area contributed by atoms with E-state index in [4.69, 9.17) is 5.73 Å². The van der Waals surface area contributed by atoms with E-state index >= 15 is 0 Å². The molecule has 0 aliphatic carbocycles. The Bertz CT molecular complexity index is 270. The number of halogens is 1. The summed E-state index contributed by atoms with van der Waals surface area (Å²) >= 11 is 3.40. The molecule has 0 heterocycles. The Hall–Kier alpha value is -0.600. The lowest BCUT2D eigenvalue weighted by atomic mass is 10.1. The summed E-state index contributed by atoms with van der Waals surface area (Å²) in [6.07, 6.45) is 2.65. The van der Waals surface area contributed by atoms with Gasteiger partial charge in [-0.1, -0.05) is 34.1 Å². The zero-order valence-electron chi connectivity index (χ0n) is 6.83. The number of hydrogen-bond acceptors (Lipinski definition) is 1. The van der Waals surface area contributed by atoms with Crippen molar-refractivity contribution in [2.75, 3.05) is 0 Å². The monoisotopic (exact) mass is 225 g/mol. The highest BCUT2D eigenvalue weighted by atomic mass is 79.9. The second-order valence-electron chi connectivity index (χ2n) is 2.69. The van der Waals surface area contributed by atoms with Gasteiger partial charge in [0.2, 0.25) is 0 Å². The molecule has 0 amide bonds. The van der Waals surface area contributed by atoms with Gasteiger partial charge >= 0.3 is 0 Å². The molecule has 0 aliphatic heterocycles. The first kappa shape index (κ1) is 9.49. The van der Waals surface area contributed by atoms with Crippen LogP contribution in [-0.2, 0) is 0 Å². The topological polar surface area (TPSA) is 26.0 Å². The van der Waals surface area contributed by atoms with Crippen LogP contribution in [0.4, 0.5) is 0 Å². The smallest absolute Gasteiger partial charge is 0.0330 e. The second-order valence-corrected chi connectivity index (χ2v) is 3.60. The van der Waals surface area contributed by atoms with E-state index in [1.165, 1.54) is 0 Å². The first-order valence-electron chi connectivity index (χ1n) is 3.86. The fraction of sp³-hybridized carbons (Fsp3) is 0.200. The third-order valence-electron chi connectivity index (χ3n) is 1.70. The van der Waals surface area contributed by atoms with Crippen LogP contribution in [-0.4, -0.2) is 0 Å². The van der Waals surface area contributed by atoms with Gasteiger partial charge in [-0.25, -0.2) is 0 Å². The van der Waals surface area contributed by atoms with Crippen LogP contribution < -0.4 is 5.73 Å². The minimum absolute atomic E-state index is 0.0694. The molecule has 1 nitrogen and oxygen atoms in total. The van der Waals surface area contributed by atoms with Gasteiger partial charge in [-0.3, -0.25) is 0 Å². The van der Waals surface area contributed by atoms with Crippen LogP contribution in [0.1, 0.15) is 18.0 Å². The molecule has 12 heavy (non-hydrogen) atoms. The summed E-state index contributed by atoms with van der Waals surface area (Å²) in [6, 6.07) is 8.11. The van der Waals surface area contributed by atoms with Crippen LogP contribution in [0.15, 0.2) is 41.4 Å². The Morgan fingerprint density at radius 3 is 2.92 bits per heavy atom. The van der Waals surface area contributed by atoms with Crippen molar-refractivity contribution >= 4 is 15.9 Å².